The number of carbonyl (C=O) groups is 1. The lowest BCUT2D eigenvalue weighted by Gasteiger charge is -2.12. The van der Waals surface area contributed by atoms with Gasteiger partial charge in [-0.2, -0.15) is 5.26 Å². The second-order valence-corrected chi connectivity index (χ2v) is 6.35. The normalized spacial score (nSPS) is 10.7. The number of carbonyl (C=O) groups excluding carboxylic acids is 1. The lowest BCUT2D eigenvalue weighted by Crippen LogP contribution is -2.23. The van der Waals surface area contributed by atoms with Gasteiger partial charge in [-0.15, -0.1) is 0 Å². The summed E-state index contributed by atoms with van der Waals surface area (Å²) in [5, 5.41) is 12.1. The summed E-state index contributed by atoms with van der Waals surface area (Å²) in [4.78, 5) is 12.4. The molecule has 0 fully saturated rings. The minimum absolute atomic E-state index is 0.0398. The first-order valence-corrected chi connectivity index (χ1v) is 8.76. The molecular formula is C20H19BrN2O4. The molecule has 0 aliphatic carbocycles. The first-order chi connectivity index (χ1) is 13.0. The van der Waals surface area contributed by atoms with Crippen LogP contribution in [0.1, 0.15) is 11.1 Å². The van der Waals surface area contributed by atoms with Gasteiger partial charge in [0.05, 0.1) is 21.3 Å². The van der Waals surface area contributed by atoms with Gasteiger partial charge in [0.2, 0.25) is 0 Å². The molecule has 1 N–H and O–H groups in total. The zero-order valence-electron chi connectivity index (χ0n) is 15.2. The zero-order chi connectivity index (χ0) is 19.8. The highest BCUT2D eigenvalue weighted by Crippen LogP contribution is 2.35. The molecule has 0 unspecified atom stereocenters. The molecule has 0 spiro atoms. The number of nitrogens with zero attached hydrogens (tertiary/aromatic N) is 1. The molecule has 0 bridgehead atoms. The van der Waals surface area contributed by atoms with Gasteiger partial charge in [0.15, 0.2) is 11.5 Å². The van der Waals surface area contributed by atoms with Gasteiger partial charge in [-0.3, -0.25) is 4.79 Å². The monoisotopic (exact) mass is 430 g/mol. The van der Waals surface area contributed by atoms with E-state index >= 15 is 0 Å². The number of nitrogens with one attached hydrogen (secondary N) is 1. The summed E-state index contributed by atoms with van der Waals surface area (Å²) in [6.07, 6.45) is 1.47. The van der Waals surface area contributed by atoms with E-state index in [1.807, 2.05) is 18.2 Å². The second-order valence-electron chi connectivity index (χ2n) is 5.43. The van der Waals surface area contributed by atoms with E-state index in [9.17, 15) is 10.1 Å². The Hall–Kier alpha value is -2.98. The third kappa shape index (κ3) is 5.25. The van der Waals surface area contributed by atoms with Crippen LogP contribution in [0.2, 0.25) is 0 Å². The van der Waals surface area contributed by atoms with E-state index in [1.54, 1.807) is 31.4 Å². The van der Waals surface area contributed by atoms with Crippen LogP contribution >= 0.6 is 15.9 Å². The lowest BCUT2D eigenvalue weighted by molar-refractivity contribution is -0.117. The van der Waals surface area contributed by atoms with Crippen LogP contribution in [0.4, 0.5) is 0 Å². The Morgan fingerprint density at radius 2 is 1.85 bits per heavy atom. The summed E-state index contributed by atoms with van der Waals surface area (Å²) in [6.45, 7) is 0.292. The maximum absolute atomic E-state index is 12.4. The van der Waals surface area contributed by atoms with E-state index in [0.29, 0.717) is 23.6 Å². The Kier molecular flexibility index (Phi) is 7.26. The molecule has 0 radical (unpaired) electrons. The standard InChI is InChI=1S/C20H19BrN2O4/c1-25-17-6-4-13(5-7-17)12-23-20(24)15(11-22)8-14-9-16(21)10-18(26-2)19(14)27-3/h4-10H,12H2,1-3H3,(H,23,24)/b15-8-. The summed E-state index contributed by atoms with van der Waals surface area (Å²) in [5.74, 6) is 1.19. The van der Waals surface area contributed by atoms with Crippen LogP contribution in [0.25, 0.3) is 6.08 Å². The van der Waals surface area contributed by atoms with Crippen LogP contribution in [-0.2, 0) is 11.3 Å². The topological polar surface area (TPSA) is 80.6 Å². The minimum Gasteiger partial charge on any atom is -0.497 e. The number of halogens is 1. The van der Waals surface area contributed by atoms with Crippen molar-refractivity contribution in [3.8, 4) is 23.3 Å². The van der Waals surface area contributed by atoms with Crippen LogP contribution in [0.3, 0.4) is 0 Å². The van der Waals surface area contributed by atoms with Crippen molar-refractivity contribution in [2.45, 2.75) is 6.54 Å². The molecule has 1 amide bonds. The molecule has 2 aromatic rings. The fourth-order valence-electron chi connectivity index (χ4n) is 2.39. The summed E-state index contributed by atoms with van der Waals surface area (Å²) in [5.41, 5.74) is 1.41. The van der Waals surface area contributed by atoms with E-state index in [1.165, 1.54) is 20.3 Å². The molecule has 0 saturated heterocycles. The van der Waals surface area contributed by atoms with Crippen molar-refractivity contribution < 1.29 is 19.0 Å². The van der Waals surface area contributed by atoms with Gasteiger partial charge in [0.25, 0.3) is 5.91 Å². The van der Waals surface area contributed by atoms with E-state index in [0.717, 1.165) is 15.8 Å². The van der Waals surface area contributed by atoms with Crippen molar-refractivity contribution in [2.24, 2.45) is 0 Å². The fourth-order valence-corrected chi connectivity index (χ4v) is 2.85. The lowest BCUT2D eigenvalue weighted by atomic mass is 10.1. The van der Waals surface area contributed by atoms with Gasteiger partial charge >= 0.3 is 0 Å². The van der Waals surface area contributed by atoms with Crippen molar-refractivity contribution in [3.05, 3.63) is 57.6 Å². The van der Waals surface area contributed by atoms with Crippen molar-refractivity contribution in [2.75, 3.05) is 21.3 Å². The predicted molar refractivity (Wildman–Crippen MR) is 106 cm³/mol. The molecule has 27 heavy (non-hydrogen) atoms. The van der Waals surface area contributed by atoms with Crippen molar-refractivity contribution >= 4 is 27.9 Å². The molecular weight excluding hydrogens is 412 g/mol. The number of rotatable bonds is 7. The third-order valence-electron chi connectivity index (χ3n) is 3.75. The molecule has 6 nitrogen and oxygen atoms in total. The SMILES string of the molecule is COc1ccc(CNC(=O)/C(C#N)=C\c2cc(Br)cc(OC)c2OC)cc1. The maximum Gasteiger partial charge on any atom is 0.262 e. The molecule has 2 rings (SSSR count). The molecule has 7 heteroatoms. The highest BCUT2D eigenvalue weighted by atomic mass is 79.9. The number of benzene rings is 2. The summed E-state index contributed by atoms with van der Waals surface area (Å²) < 4.78 is 16.5. The van der Waals surface area contributed by atoms with Gasteiger partial charge in [-0.25, -0.2) is 0 Å². The Bertz CT molecular complexity index is 886. The van der Waals surface area contributed by atoms with E-state index in [-0.39, 0.29) is 5.57 Å². The van der Waals surface area contributed by atoms with Crippen molar-refractivity contribution in [1.29, 1.82) is 5.26 Å². The highest BCUT2D eigenvalue weighted by molar-refractivity contribution is 9.10. The smallest absolute Gasteiger partial charge is 0.262 e. The molecule has 0 heterocycles. The van der Waals surface area contributed by atoms with Gasteiger partial charge in [-0.1, -0.05) is 28.1 Å². The summed E-state index contributed by atoms with van der Waals surface area (Å²) in [6, 6.07) is 12.7. The van der Waals surface area contributed by atoms with Crippen LogP contribution in [0, 0.1) is 11.3 Å². The Morgan fingerprint density at radius 3 is 2.41 bits per heavy atom. The van der Waals surface area contributed by atoms with Crippen LogP contribution in [0.15, 0.2) is 46.4 Å². The molecule has 0 aromatic heterocycles. The first kappa shape index (κ1) is 20.3. The van der Waals surface area contributed by atoms with E-state index in [2.05, 4.69) is 21.2 Å². The second kappa shape index (κ2) is 9.64. The molecule has 2 aromatic carbocycles. The summed E-state index contributed by atoms with van der Waals surface area (Å²) >= 11 is 3.38. The van der Waals surface area contributed by atoms with E-state index in [4.69, 9.17) is 14.2 Å². The zero-order valence-corrected chi connectivity index (χ0v) is 16.8. The van der Waals surface area contributed by atoms with Crippen molar-refractivity contribution in [1.82, 2.24) is 5.32 Å². The number of hydrogen-bond acceptors (Lipinski definition) is 5. The number of nitriles is 1. The molecule has 0 aliphatic heterocycles. The number of amides is 1. The third-order valence-corrected chi connectivity index (χ3v) is 4.21. The van der Waals surface area contributed by atoms with Crippen LogP contribution in [0.5, 0.6) is 17.2 Å². The number of ether oxygens (including phenoxy) is 3. The Morgan fingerprint density at radius 1 is 1.15 bits per heavy atom. The van der Waals surface area contributed by atoms with Gasteiger partial charge in [-0.05, 0) is 35.9 Å². The highest BCUT2D eigenvalue weighted by Gasteiger charge is 2.14. The van der Waals surface area contributed by atoms with Gasteiger partial charge in [0, 0.05) is 16.6 Å². The molecule has 140 valence electrons. The Labute approximate surface area is 166 Å². The first-order valence-electron chi connectivity index (χ1n) is 7.96. The Balaban J connectivity index is 2.21. The number of hydrogen-bond donors (Lipinski definition) is 1. The van der Waals surface area contributed by atoms with Crippen molar-refractivity contribution in [3.63, 3.8) is 0 Å². The van der Waals surface area contributed by atoms with Gasteiger partial charge < -0.3 is 19.5 Å². The van der Waals surface area contributed by atoms with Crippen LogP contribution in [-0.4, -0.2) is 27.2 Å². The maximum atomic E-state index is 12.4. The molecule has 0 aliphatic rings. The fraction of sp³-hybridized carbons (Fsp3) is 0.200. The van der Waals surface area contributed by atoms with E-state index < -0.39 is 5.91 Å². The predicted octanol–water partition coefficient (Wildman–Crippen LogP) is 3.70. The summed E-state index contributed by atoms with van der Waals surface area (Å²) in [7, 11) is 4.61. The number of methoxy groups -OCH3 is 3. The minimum atomic E-state index is -0.477. The van der Waals surface area contributed by atoms with Crippen LogP contribution < -0.4 is 19.5 Å². The van der Waals surface area contributed by atoms with Gasteiger partial charge in [0.1, 0.15) is 17.4 Å². The molecule has 0 saturated carbocycles. The quantitative estimate of drug-likeness (QED) is 0.534. The average Bonchev–Trinajstić information content (AvgIpc) is 2.69. The average molecular weight is 431 g/mol. The largest absolute Gasteiger partial charge is 0.497 e. The molecule has 0 atom stereocenters.